The molecule has 2 aromatic carbocycles. The van der Waals surface area contributed by atoms with Gasteiger partial charge in [-0.15, -0.1) is 5.10 Å². The Morgan fingerprint density at radius 1 is 1.20 bits per heavy atom. The molecular weight excluding hydrogens is 408 g/mol. The predicted octanol–water partition coefficient (Wildman–Crippen LogP) is 2.34. The first-order chi connectivity index (χ1) is 14.5. The van der Waals surface area contributed by atoms with Crippen LogP contribution in [0.5, 0.6) is 5.75 Å². The van der Waals surface area contributed by atoms with E-state index in [1.54, 1.807) is 43.5 Å². The zero-order valence-corrected chi connectivity index (χ0v) is 16.7. The lowest BCUT2D eigenvalue weighted by Crippen LogP contribution is -2.28. The van der Waals surface area contributed by atoms with Crippen molar-refractivity contribution in [2.24, 2.45) is 0 Å². The lowest BCUT2D eigenvalue weighted by Gasteiger charge is -2.08. The molecule has 0 unspecified atom stereocenters. The van der Waals surface area contributed by atoms with Gasteiger partial charge in [0.25, 0.3) is 5.56 Å². The van der Waals surface area contributed by atoms with E-state index in [4.69, 9.17) is 16.3 Å². The number of methoxy groups -OCH3 is 1. The fourth-order valence-electron chi connectivity index (χ4n) is 2.93. The molecule has 0 saturated heterocycles. The van der Waals surface area contributed by atoms with Crippen LogP contribution < -0.4 is 15.6 Å². The van der Waals surface area contributed by atoms with Crippen LogP contribution in [0.15, 0.2) is 59.7 Å². The normalized spacial score (nSPS) is 10.9. The zero-order valence-electron chi connectivity index (χ0n) is 15.9. The van der Waals surface area contributed by atoms with Crippen LogP contribution in [0.25, 0.3) is 11.2 Å². The highest BCUT2D eigenvalue weighted by Gasteiger charge is 2.14. The Labute approximate surface area is 175 Å². The topological polar surface area (TPSA) is 104 Å². The van der Waals surface area contributed by atoms with E-state index in [1.165, 1.54) is 15.6 Å². The molecule has 2 aromatic heterocycles. The number of fused-ring (bicyclic) bond motifs is 1. The summed E-state index contributed by atoms with van der Waals surface area (Å²) in [7, 11) is 1.54. The summed E-state index contributed by atoms with van der Waals surface area (Å²) < 4.78 is 7.85. The van der Waals surface area contributed by atoms with E-state index >= 15 is 0 Å². The van der Waals surface area contributed by atoms with E-state index < -0.39 is 5.56 Å². The van der Waals surface area contributed by atoms with E-state index in [0.717, 1.165) is 5.56 Å². The maximum Gasteiger partial charge on any atom is 0.283 e. The van der Waals surface area contributed by atoms with Crippen molar-refractivity contribution in [3.05, 3.63) is 75.8 Å². The Kier molecular flexibility index (Phi) is 5.44. The van der Waals surface area contributed by atoms with Crippen LogP contribution in [-0.2, 0) is 17.9 Å². The summed E-state index contributed by atoms with van der Waals surface area (Å²) in [4.78, 5) is 29.3. The highest BCUT2D eigenvalue weighted by atomic mass is 35.5. The van der Waals surface area contributed by atoms with Gasteiger partial charge in [-0.2, -0.15) is 0 Å². The molecule has 0 bridgehead atoms. The average Bonchev–Trinajstić information content (AvgIpc) is 3.15. The van der Waals surface area contributed by atoms with E-state index in [-0.39, 0.29) is 18.0 Å². The smallest absolute Gasteiger partial charge is 0.283 e. The summed E-state index contributed by atoms with van der Waals surface area (Å²) in [5, 5.41) is 11.3. The van der Waals surface area contributed by atoms with Gasteiger partial charge in [-0.3, -0.25) is 14.2 Å². The molecule has 0 aliphatic heterocycles. The van der Waals surface area contributed by atoms with Crippen molar-refractivity contribution >= 4 is 34.4 Å². The molecule has 0 radical (unpaired) electrons. The van der Waals surface area contributed by atoms with Gasteiger partial charge in [0, 0.05) is 16.8 Å². The molecule has 0 spiro atoms. The number of hydrogen-bond acceptors (Lipinski definition) is 6. The number of aromatic nitrogens is 5. The van der Waals surface area contributed by atoms with Crippen molar-refractivity contribution in [1.82, 2.24) is 24.5 Å². The highest BCUT2D eigenvalue weighted by molar-refractivity contribution is 6.30. The van der Waals surface area contributed by atoms with Gasteiger partial charge in [0.15, 0.2) is 11.2 Å². The van der Waals surface area contributed by atoms with E-state index in [2.05, 4.69) is 20.6 Å². The van der Waals surface area contributed by atoms with Crippen LogP contribution in [0.4, 0.5) is 5.69 Å². The molecule has 1 amide bonds. The first-order valence-corrected chi connectivity index (χ1v) is 9.38. The quantitative estimate of drug-likeness (QED) is 0.509. The first kappa shape index (κ1) is 19.6. The first-order valence-electron chi connectivity index (χ1n) is 9.00. The van der Waals surface area contributed by atoms with Gasteiger partial charge in [-0.1, -0.05) is 35.0 Å². The number of anilines is 1. The number of nitrogens with zero attached hydrogens (tertiary/aromatic N) is 5. The van der Waals surface area contributed by atoms with Gasteiger partial charge in [0.05, 0.1) is 13.7 Å². The van der Waals surface area contributed by atoms with E-state index in [0.29, 0.717) is 28.7 Å². The van der Waals surface area contributed by atoms with Crippen molar-refractivity contribution in [2.45, 2.75) is 13.1 Å². The van der Waals surface area contributed by atoms with Gasteiger partial charge < -0.3 is 10.1 Å². The molecule has 2 heterocycles. The van der Waals surface area contributed by atoms with Gasteiger partial charge in [0.1, 0.15) is 18.6 Å². The largest absolute Gasteiger partial charge is 0.497 e. The van der Waals surface area contributed by atoms with Crippen LogP contribution in [0.1, 0.15) is 5.56 Å². The molecule has 10 heteroatoms. The van der Waals surface area contributed by atoms with Crippen LogP contribution >= 0.6 is 11.6 Å². The summed E-state index contributed by atoms with van der Waals surface area (Å²) in [5.74, 6) is 0.241. The Balaban J connectivity index is 1.52. The fraction of sp³-hybridized carbons (Fsp3) is 0.150. The van der Waals surface area contributed by atoms with Crippen LogP contribution in [0.3, 0.4) is 0 Å². The zero-order chi connectivity index (χ0) is 21.1. The predicted molar refractivity (Wildman–Crippen MR) is 112 cm³/mol. The van der Waals surface area contributed by atoms with Crippen molar-refractivity contribution in [1.29, 1.82) is 0 Å². The van der Waals surface area contributed by atoms with Gasteiger partial charge in [-0.05, 0) is 29.8 Å². The number of benzene rings is 2. The lowest BCUT2D eigenvalue weighted by molar-refractivity contribution is -0.116. The minimum absolute atomic E-state index is 0.0978. The van der Waals surface area contributed by atoms with E-state index in [9.17, 15) is 9.59 Å². The van der Waals surface area contributed by atoms with Crippen molar-refractivity contribution in [2.75, 3.05) is 12.4 Å². The lowest BCUT2D eigenvalue weighted by atomic mass is 10.2. The molecule has 0 aliphatic carbocycles. The third kappa shape index (κ3) is 4.15. The van der Waals surface area contributed by atoms with Gasteiger partial charge in [-0.25, -0.2) is 9.67 Å². The molecule has 0 atom stereocenters. The Morgan fingerprint density at radius 3 is 2.77 bits per heavy atom. The number of amides is 1. The molecule has 0 saturated carbocycles. The molecule has 4 aromatic rings. The minimum atomic E-state index is -0.442. The molecule has 0 aliphatic rings. The summed E-state index contributed by atoms with van der Waals surface area (Å²) in [6.45, 7) is 0.184. The molecular formula is C20H17ClN6O3. The molecule has 30 heavy (non-hydrogen) atoms. The van der Waals surface area contributed by atoms with Gasteiger partial charge >= 0.3 is 0 Å². The molecule has 4 rings (SSSR count). The van der Waals surface area contributed by atoms with Crippen LogP contribution in [-0.4, -0.2) is 37.6 Å². The number of halogens is 1. The maximum absolute atomic E-state index is 12.7. The SMILES string of the molecule is COc1cccc(NC(=O)Cn2cnc3c(nnn3Cc3ccc(Cl)cc3)c2=O)c1. The third-order valence-corrected chi connectivity index (χ3v) is 4.66. The third-order valence-electron chi connectivity index (χ3n) is 4.40. The number of rotatable bonds is 6. The Morgan fingerprint density at radius 2 is 2.00 bits per heavy atom. The minimum Gasteiger partial charge on any atom is -0.497 e. The van der Waals surface area contributed by atoms with Crippen molar-refractivity contribution < 1.29 is 9.53 Å². The second kappa shape index (κ2) is 8.34. The summed E-state index contributed by atoms with van der Waals surface area (Å²) >= 11 is 5.90. The van der Waals surface area contributed by atoms with Crippen LogP contribution in [0.2, 0.25) is 5.02 Å². The molecule has 1 N–H and O–H groups in total. The molecule has 152 valence electrons. The summed E-state index contributed by atoms with van der Waals surface area (Å²) in [6.07, 6.45) is 1.32. The standard InChI is InChI=1S/C20H17ClN6O3/c1-30-16-4-2-3-15(9-16)23-17(28)11-26-12-22-19-18(20(26)29)24-25-27(19)10-13-5-7-14(21)8-6-13/h2-9,12H,10-11H2,1H3,(H,23,28). The number of ether oxygens (including phenoxy) is 1. The fourth-order valence-corrected chi connectivity index (χ4v) is 3.05. The summed E-state index contributed by atoms with van der Waals surface area (Å²) in [5.41, 5.74) is 1.51. The Bertz CT molecular complexity index is 1270. The Hall–Kier alpha value is -3.72. The maximum atomic E-state index is 12.7. The number of nitrogens with one attached hydrogen (secondary N) is 1. The monoisotopic (exact) mass is 424 g/mol. The number of carbonyl (C=O) groups excluding carboxylic acids is 1. The van der Waals surface area contributed by atoms with Crippen LogP contribution in [0, 0.1) is 0 Å². The van der Waals surface area contributed by atoms with E-state index in [1.807, 2.05) is 12.1 Å². The molecule has 0 fully saturated rings. The summed E-state index contributed by atoms with van der Waals surface area (Å²) in [6, 6.07) is 14.2. The number of hydrogen-bond donors (Lipinski definition) is 1. The second-order valence-electron chi connectivity index (χ2n) is 6.50. The van der Waals surface area contributed by atoms with Gasteiger partial charge in [0.2, 0.25) is 5.91 Å². The van der Waals surface area contributed by atoms with Crippen molar-refractivity contribution in [3.63, 3.8) is 0 Å². The van der Waals surface area contributed by atoms with Crippen molar-refractivity contribution in [3.8, 4) is 5.75 Å². The average molecular weight is 425 g/mol. The number of carbonyl (C=O) groups is 1. The highest BCUT2D eigenvalue weighted by Crippen LogP contribution is 2.16. The molecule has 9 nitrogen and oxygen atoms in total. The second-order valence-corrected chi connectivity index (χ2v) is 6.94.